The van der Waals surface area contributed by atoms with Crippen LogP contribution in [-0.2, 0) is 14.3 Å². The third kappa shape index (κ3) is 1.22. The summed E-state index contributed by atoms with van der Waals surface area (Å²) in [5, 5.41) is 31.1. The van der Waals surface area contributed by atoms with Gasteiger partial charge in [-0.05, 0) is 25.0 Å². The first-order valence-corrected chi connectivity index (χ1v) is 7.33. The second-order valence-electron chi connectivity index (χ2n) is 7.07. The fraction of sp³-hybridized carbons (Fsp3) is 0.800. The maximum Gasteiger partial charge on any atom is 0.187 e. The number of Topliss-reactive ketones (excluding diaryl/α,β-unsaturated/α-hetero) is 1. The number of hydrogen-bond donors (Lipinski definition) is 3. The van der Waals surface area contributed by atoms with E-state index in [1.165, 1.54) is 0 Å². The van der Waals surface area contributed by atoms with Crippen LogP contribution in [0, 0.1) is 10.8 Å². The molecule has 4 rings (SSSR count). The zero-order valence-corrected chi connectivity index (χ0v) is 12.1. The van der Waals surface area contributed by atoms with Gasteiger partial charge in [0.2, 0.25) is 0 Å². The van der Waals surface area contributed by atoms with Gasteiger partial charge in [0.05, 0.1) is 30.8 Å². The van der Waals surface area contributed by atoms with Crippen LogP contribution in [0.25, 0.3) is 0 Å². The molecule has 0 unspecified atom stereocenters. The number of ketones is 1. The van der Waals surface area contributed by atoms with E-state index >= 15 is 0 Å². The summed E-state index contributed by atoms with van der Waals surface area (Å²) >= 11 is 0. The summed E-state index contributed by atoms with van der Waals surface area (Å²) in [5.74, 6) is -0.388. The van der Waals surface area contributed by atoms with E-state index in [1.807, 2.05) is 6.92 Å². The topological polar surface area (TPSA) is 99.5 Å². The number of epoxide rings is 1. The minimum Gasteiger partial charge on any atom is -0.396 e. The second-order valence-corrected chi connectivity index (χ2v) is 7.07. The van der Waals surface area contributed by atoms with Crippen molar-refractivity contribution in [3.63, 3.8) is 0 Å². The molecule has 2 saturated heterocycles. The number of carbonyl (C=O) groups is 1. The van der Waals surface area contributed by atoms with E-state index in [1.54, 1.807) is 13.0 Å². The molecule has 4 aliphatic rings. The minimum absolute atomic E-state index is 0.339. The van der Waals surface area contributed by atoms with E-state index in [9.17, 15) is 20.1 Å². The number of aliphatic hydroxyl groups excluding tert-OH is 3. The van der Waals surface area contributed by atoms with Crippen molar-refractivity contribution in [1.82, 2.24) is 0 Å². The molecule has 116 valence electrons. The van der Waals surface area contributed by atoms with Crippen LogP contribution in [0.4, 0.5) is 0 Å². The maximum atomic E-state index is 12.3. The molecule has 0 radical (unpaired) electrons. The average molecular weight is 296 g/mol. The van der Waals surface area contributed by atoms with Crippen LogP contribution >= 0.6 is 0 Å². The van der Waals surface area contributed by atoms with Crippen molar-refractivity contribution in [2.24, 2.45) is 10.8 Å². The van der Waals surface area contributed by atoms with Gasteiger partial charge in [0.1, 0.15) is 17.8 Å². The van der Waals surface area contributed by atoms with Crippen molar-refractivity contribution in [3.8, 4) is 0 Å². The van der Waals surface area contributed by atoms with Gasteiger partial charge in [-0.3, -0.25) is 4.79 Å². The summed E-state index contributed by atoms with van der Waals surface area (Å²) in [5.41, 5.74) is -2.16. The van der Waals surface area contributed by atoms with Gasteiger partial charge in [-0.15, -0.1) is 0 Å². The number of carbonyl (C=O) groups excluding carboxylic acids is 1. The summed E-state index contributed by atoms with van der Waals surface area (Å²) in [7, 11) is 0. The summed E-state index contributed by atoms with van der Waals surface area (Å²) < 4.78 is 11.6. The van der Waals surface area contributed by atoms with Gasteiger partial charge < -0.3 is 24.8 Å². The zero-order valence-electron chi connectivity index (χ0n) is 12.1. The van der Waals surface area contributed by atoms with E-state index in [2.05, 4.69) is 0 Å². The largest absolute Gasteiger partial charge is 0.396 e. The van der Waals surface area contributed by atoms with Crippen molar-refractivity contribution < 1.29 is 29.6 Å². The number of ether oxygens (including phenoxy) is 2. The van der Waals surface area contributed by atoms with Gasteiger partial charge >= 0.3 is 0 Å². The Hall–Kier alpha value is -0.790. The Morgan fingerprint density at radius 1 is 1.43 bits per heavy atom. The Morgan fingerprint density at radius 3 is 2.67 bits per heavy atom. The van der Waals surface area contributed by atoms with Crippen LogP contribution in [0.3, 0.4) is 0 Å². The summed E-state index contributed by atoms with van der Waals surface area (Å²) in [6.45, 7) is 3.55. The first-order valence-electron chi connectivity index (χ1n) is 7.33. The number of hydrogen-bond acceptors (Lipinski definition) is 6. The molecule has 1 saturated carbocycles. The standard InChI is InChI=1S/C15H20O6/c1-7-3-9-14(5-16,11(19)10(7)18)13(2)4-8(17)12(21-9)15(13)6-20-15/h3,8-9,11-12,16-17,19H,4-6H2,1-2H3/t8-,9-,11+,12-,13-,14-,15+/m1/s1. The van der Waals surface area contributed by atoms with Crippen LogP contribution < -0.4 is 0 Å². The smallest absolute Gasteiger partial charge is 0.187 e. The van der Waals surface area contributed by atoms with Gasteiger partial charge in [0.25, 0.3) is 0 Å². The molecular formula is C15H20O6. The molecule has 6 nitrogen and oxygen atoms in total. The van der Waals surface area contributed by atoms with Crippen LogP contribution in [0.5, 0.6) is 0 Å². The molecular weight excluding hydrogens is 276 g/mol. The monoisotopic (exact) mass is 296 g/mol. The third-order valence-electron chi connectivity index (χ3n) is 6.43. The first kappa shape index (κ1) is 13.8. The lowest BCUT2D eigenvalue weighted by molar-refractivity contribution is -0.244. The Morgan fingerprint density at radius 2 is 2.10 bits per heavy atom. The lowest BCUT2D eigenvalue weighted by atomic mass is 9.50. The lowest BCUT2D eigenvalue weighted by Gasteiger charge is -2.58. The van der Waals surface area contributed by atoms with Crippen LogP contribution in [-0.4, -0.2) is 64.3 Å². The highest BCUT2D eigenvalue weighted by atomic mass is 16.6. The highest BCUT2D eigenvalue weighted by Gasteiger charge is 2.83. The van der Waals surface area contributed by atoms with Gasteiger partial charge in [0.15, 0.2) is 5.78 Å². The highest BCUT2D eigenvalue weighted by Crippen LogP contribution is 2.70. The SMILES string of the molecule is CC1=C[C@H]2O[C@@H]3[C@H](O)C[C@](C)([C@@]2(CO)[C@@H](O)C1=O)[C@]31CO1. The average Bonchev–Trinajstić information content (AvgIpc) is 3.20. The van der Waals surface area contributed by atoms with E-state index in [0.29, 0.717) is 18.6 Å². The fourth-order valence-corrected chi connectivity index (χ4v) is 5.02. The Balaban J connectivity index is 1.95. The van der Waals surface area contributed by atoms with Crippen molar-refractivity contribution >= 4 is 5.78 Å². The zero-order chi connectivity index (χ0) is 15.2. The van der Waals surface area contributed by atoms with Crippen molar-refractivity contribution in [3.05, 3.63) is 11.6 Å². The molecule has 0 aromatic rings. The van der Waals surface area contributed by atoms with Crippen molar-refractivity contribution in [1.29, 1.82) is 0 Å². The van der Waals surface area contributed by atoms with Gasteiger partial charge in [-0.25, -0.2) is 0 Å². The first-order chi connectivity index (χ1) is 9.84. The van der Waals surface area contributed by atoms with E-state index in [4.69, 9.17) is 9.47 Å². The normalized spacial score (nSPS) is 58.1. The van der Waals surface area contributed by atoms with E-state index in [-0.39, 0.29) is 5.78 Å². The molecule has 2 bridgehead atoms. The quantitative estimate of drug-likeness (QED) is 0.546. The molecule has 7 atom stereocenters. The molecule has 3 N–H and O–H groups in total. The number of aliphatic hydroxyl groups is 3. The molecule has 2 aliphatic heterocycles. The molecule has 0 aromatic heterocycles. The van der Waals surface area contributed by atoms with Crippen LogP contribution in [0.2, 0.25) is 0 Å². The molecule has 2 aliphatic carbocycles. The second kappa shape index (κ2) is 3.75. The Kier molecular flexibility index (Phi) is 2.47. The molecule has 0 aromatic carbocycles. The van der Waals surface area contributed by atoms with Crippen LogP contribution in [0.1, 0.15) is 20.3 Å². The van der Waals surface area contributed by atoms with Crippen molar-refractivity contribution in [2.75, 3.05) is 13.2 Å². The van der Waals surface area contributed by atoms with E-state index < -0.39 is 47.5 Å². The number of fused-ring (bicyclic) bond motifs is 2. The summed E-state index contributed by atoms with van der Waals surface area (Å²) in [4.78, 5) is 12.3. The highest BCUT2D eigenvalue weighted by molar-refractivity contribution is 6.00. The predicted molar refractivity (Wildman–Crippen MR) is 70.4 cm³/mol. The fourth-order valence-electron chi connectivity index (χ4n) is 5.02. The van der Waals surface area contributed by atoms with Crippen LogP contribution in [0.15, 0.2) is 11.6 Å². The molecule has 1 spiro atoms. The minimum atomic E-state index is -1.35. The Labute approximate surface area is 122 Å². The van der Waals surface area contributed by atoms with E-state index in [0.717, 1.165) is 0 Å². The van der Waals surface area contributed by atoms with Gasteiger partial charge in [0, 0.05) is 5.41 Å². The third-order valence-corrected chi connectivity index (χ3v) is 6.43. The maximum absolute atomic E-state index is 12.3. The molecule has 2 heterocycles. The predicted octanol–water partition coefficient (Wildman–Crippen LogP) is -0.838. The van der Waals surface area contributed by atoms with Crippen molar-refractivity contribution in [2.45, 2.75) is 50.3 Å². The van der Waals surface area contributed by atoms with Gasteiger partial charge in [-0.1, -0.05) is 6.92 Å². The molecule has 6 heteroatoms. The summed E-state index contributed by atoms with van der Waals surface area (Å²) in [6.07, 6.45) is -1.14. The van der Waals surface area contributed by atoms with Gasteiger partial charge in [-0.2, -0.15) is 0 Å². The summed E-state index contributed by atoms with van der Waals surface area (Å²) in [6, 6.07) is 0. The molecule has 3 fully saturated rings. The Bertz CT molecular complexity index is 552. The number of rotatable bonds is 1. The lowest BCUT2D eigenvalue weighted by Crippen LogP contribution is -2.70. The molecule has 21 heavy (non-hydrogen) atoms. The molecule has 0 amide bonds.